The van der Waals surface area contributed by atoms with Gasteiger partial charge in [0.2, 0.25) is 0 Å². The summed E-state index contributed by atoms with van der Waals surface area (Å²) in [6.07, 6.45) is 0.0175. The summed E-state index contributed by atoms with van der Waals surface area (Å²) >= 11 is 4.07. The molecule has 122 valence electrons. The van der Waals surface area contributed by atoms with E-state index in [9.17, 15) is 9.90 Å². The van der Waals surface area contributed by atoms with E-state index < -0.39 is 11.3 Å². The number of benzene rings is 3. The molecule has 0 saturated carbocycles. The molecule has 0 aliphatic rings. The minimum absolute atomic E-state index is 0.0175. The Bertz CT molecular complexity index is 736. The Morgan fingerprint density at radius 2 is 1.00 bits per heavy atom. The summed E-state index contributed by atoms with van der Waals surface area (Å²) in [5, 5.41) is 9.57. The molecule has 3 aromatic carbocycles. The molecule has 0 saturated heterocycles. The molecule has 0 heterocycles. The fourth-order valence-corrected chi connectivity index (χ4v) is 10.3. The van der Waals surface area contributed by atoms with Crippen molar-refractivity contribution in [1.29, 1.82) is 0 Å². The first kappa shape index (κ1) is 16.9. The second-order valence-corrected chi connectivity index (χ2v) is 14.7. The molecule has 0 amide bonds. The third kappa shape index (κ3) is 2.68. The number of rotatable bonds is 5. The average Bonchev–Trinajstić information content (AvgIpc) is 2.63. The van der Waals surface area contributed by atoms with E-state index in [0.29, 0.717) is 0 Å². The average molecular weight is 401 g/mol. The third-order valence-electron chi connectivity index (χ3n) is 4.32. The Kier molecular flexibility index (Phi) is 4.58. The quantitative estimate of drug-likeness (QED) is 0.659. The second-order valence-electron chi connectivity index (χ2n) is 5.74. The monoisotopic (exact) mass is 400 g/mol. The molecule has 0 atom stereocenters. The third-order valence-corrected chi connectivity index (χ3v) is 13.7. The van der Waals surface area contributed by atoms with Gasteiger partial charge in [-0.15, -0.1) is 0 Å². The van der Waals surface area contributed by atoms with Crippen molar-refractivity contribution in [3.05, 3.63) is 91.0 Å². The van der Waals surface area contributed by atoms with Crippen LogP contribution in [0.5, 0.6) is 0 Å². The Morgan fingerprint density at radius 1 is 0.708 bits per heavy atom. The summed E-state index contributed by atoms with van der Waals surface area (Å²) in [6, 6.07) is 29.8. The summed E-state index contributed by atoms with van der Waals surface area (Å²) in [4.78, 5) is 11.9. The normalized spacial score (nSPS) is 13.0. The van der Waals surface area contributed by atoms with Crippen LogP contribution >= 0.6 is 20.8 Å². The molecular formula is C20H18BrO2P. The van der Waals surface area contributed by atoms with E-state index in [1.807, 2.05) is 91.0 Å². The minimum atomic E-state index is -3.28. The molecule has 3 aromatic rings. The van der Waals surface area contributed by atoms with E-state index >= 15 is 0 Å². The Labute approximate surface area is 149 Å². The van der Waals surface area contributed by atoms with Crippen LogP contribution in [-0.2, 0) is 4.79 Å². The Hall–Kier alpha value is -1.96. The van der Waals surface area contributed by atoms with Gasteiger partial charge in [0, 0.05) is 0 Å². The van der Waals surface area contributed by atoms with Gasteiger partial charge in [0.15, 0.2) is 0 Å². The van der Waals surface area contributed by atoms with Crippen LogP contribution < -0.4 is 15.9 Å². The standard InChI is InChI=1S/C20H18BrO2P/c21-24(16-20(22)23,17-10-4-1-5-11-17,18-12-6-2-7-13-18)19-14-8-3-9-15-19/h1-15H,16H2,(H,22,23). The fourth-order valence-electron chi connectivity index (χ4n) is 3.19. The van der Waals surface area contributed by atoms with Crippen LogP contribution in [-0.4, -0.2) is 17.2 Å². The summed E-state index contributed by atoms with van der Waals surface area (Å²) in [7, 11) is 0. The molecule has 4 heteroatoms. The maximum atomic E-state index is 11.9. The van der Waals surface area contributed by atoms with Gasteiger partial charge in [-0.25, -0.2) is 0 Å². The molecule has 0 aliphatic heterocycles. The Morgan fingerprint density at radius 3 is 1.25 bits per heavy atom. The molecule has 0 spiro atoms. The summed E-state index contributed by atoms with van der Waals surface area (Å²) in [6.45, 7) is 0. The van der Waals surface area contributed by atoms with Crippen LogP contribution in [0, 0.1) is 0 Å². The molecule has 0 unspecified atom stereocenters. The van der Waals surface area contributed by atoms with Crippen LogP contribution in [0.1, 0.15) is 0 Å². The molecule has 0 aliphatic carbocycles. The number of carbonyl (C=O) groups is 1. The summed E-state index contributed by atoms with van der Waals surface area (Å²) < 4.78 is 0. The Balaban J connectivity index is 2.45. The van der Waals surface area contributed by atoms with Gasteiger partial charge >= 0.3 is 150 Å². The summed E-state index contributed by atoms with van der Waals surface area (Å²) in [5.41, 5.74) is 0. The molecule has 24 heavy (non-hydrogen) atoms. The molecule has 1 N–H and O–H groups in total. The van der Waals surface area contributed by atoms with Gasteiger partial charge in [-0.3, -0.25) is 0 Å². The van der Waals surface area contributed by atoms with Crippen molar-refractivity contribution >= 4 is 42.7 Å². The predicted molar refractivity (Wildman–Crippen MR) is 107 cm³/mol. The summed E-state index contributed by atoms with van der Waals surface area (Å²) in [5.74, 6) is -0.818. The van der Waals surface area contributed by atoms with Crippen molar-refractivity contribution in [2.45, 2.75) is 0 Å². The van der Waals surface area contributed by atoms with Crippen LogP contribution in [0.3, 0.4) is 0 Å². The van der Waals surface area contributed by atoms with Crippen molar-refractivity contribution in [3.8, 4) is 0 Å². The van der Waals surface area contributed by atoms with E-state index in [2.05, 4.69) is 15.5 Å². The van der Waals surface area contributed by atoms with Gasteiger partial charge in [0.1, 0.15) is 0 Å². The molecule has 0 bridgehead atoms. The zero-order valence-electron chi connectivity index (χ0n) is 13.0. The maximum absolute atomic E-state index is 11.9. The number of aliphatic carboxylic acids is 1. The van der Waals surface area contributed by atoms with Crippen molar-refractivity contribution in [1.82, 2.24) is 0 Å². The van der Waals surface area contributed by atoms with E-state index in [0.717, 1.165) is 15.9 Å². The van der Waals surface area contributed by atoms with Crippen molar-refractivity contribution in [2.24, 2.45) is 0 Å². The number of carboxylic acid groups (broad SMARTS) is 1. The first-order chi connectivity index (χ1) is 11.6. The first-order valence-electron chi connectivity index (χ1n) is 7.67. The molecule has 3 rings (SSSR count). The van der Waals surface area contributed by atoms with Gasteiger partial charge in [-0.2, -0.15) is 0 Å². The van der Waals surface area contributed by atoms with Crippen molar-refractivity contribution in [2.75, 3.05) is 6.16 Å². The number of carboxylic acids is 1. The molecule has 0 radical (unpaired) electrons. The number of hydrogen-bond acceptors (Lipinski definition) is 1. The second kappa shape index (κ2) is 6.51. The molecular weight excluding hydrogens is 383 g/mol. The van der Waals surface area contributed by atoms with Gasteiger partial charge in [-0.05, 0) is 0 Å². The van der Waals surface area contributed by atoms with Crippen LogP contribution in [0.15, 0.2) is 91.0 Å². The van der Waals surface area contributed by atoms with Crippen LogP contribution in [0.25, 0.3) is 0 Å². The van der Waals surface area contributed by atoms with Crippen LogP contribution in [0.2, 0.25) is 0 Å². The van der Waals surface area contributed by atoms with E-state index in [1.165, 1.54) is 0 Å². The van der Waals surface area contributed by atoms with Gasteiger partial charge in [0.05, 0.1) is 0 Å². The number of halogens is 1. The zero-order valence-corrected chi connectivity index (χ0v) is 15.5. The molecule has 0 aromatic heterocycles. The van der Waals surface area contributed by atoms with E-state index in [4.69, 9.17) is 0 Å². The molecule has 2 nitrogen and oxygen atoms in total. The first-order valence-corrected chi connectivity index (χ1v) is 12.1. The van der Waals surface area contributed by atoms with Gasteiger partial charge in [0.25, 0.3) is 0 Å². The zero-order chi connectivity index (χ0) is 17.1. The fraction of sp³-hybridized carbons (Fsp3) is 0.0500. The number of hydrogen-bond donors (Lipinski definition) is 1. The SMILES string of the molecule is O=C(O)CP(Br)(c1ccccc1)(c1ccccc1)c1ccccc1. The van der Waals surface area contributed by atoms with Crippen molar-refractivity contribution < 1.29 is 9.90 Å². The van der Waals surface area contributed by atoms with E-state index in [-0.39, 0.29) is 6.16 Å². The van der Waals surface area contributed by atoms with Gasteiger partial charge < -0.3 is 0 Å². The van der Waals surface area contributed by atoms with Gasteiger partial charge in [-0.1, -0.05) is 0 Å². The predicted octanol–water partition coefficient (Wildman–Crippen LogP) is 3.91. The van der Waals surface area contributed by atoms with E-state index in [1.54, 1.807) is 0 Å². The van der Waals surface area contributed by atoms with Crippen molar-refractivity contribution in [3.63, 3.8) is 0 Å². The van der Waals surface area contributed by atoms with Crippen LogP contribution in [0.4, 0.5) is 0 Å². The molecule has 0 fully saturated rings. The topological polar surface area (TPSA) is 37.3 Å².